The lowest BCUT2D eigenvalue weighted by Crippen LogP contribution is -2.35. The van der Waals surface area contributed by atoms with Gasteiger partial charge in [0.2, 0.25) is 0 Å². The molecule has 0 saturated heterocycles. The van der Waals surface area contributed by atoms with Crippen LogP contribution in [-0.2, 0) is 0 Å². The molecule has 0 unspecified atom stereocenters. The van der Waals surface area contributed by atoms with Crippen molar-refractivity contribution < 1.29 is 19.2 Å². The number of nitro benzene ring substituents is 1. The van der Waals surface area contributed by atoms with Crippen LogP contribution < -0.4 is 5.32 Å². The van der Waals surface area contributed by atoms with E-state index in [1.54, 1.807) is 0 Å². The third-order valence-corrected chi connectivity index (χ3v) is 2.06. The molecule has 0 heterocycles. The van der Waals surface area contributed by atoms with Gasteiger partial charge in [0.05, 0.1) is 17.1 Å². The van der Waals surface area contributed by atoms with Gasteiger partial charge >= 0.3 is 0 Å². The zero-order valence-corrected chi connectivity index (χ0v) is 9.01. The van der Waals surface area contributed by atoms with Crippen molar-refractivity contribution in [1.29, 1.82) is 0 Å². The summed E-state index contributed by atoms with van der Waals surface area (Å²) in [5.74, 6) is -1.65. The molecule has 1 aromatic carbocycles. The third kappa shape index (κ3) is 3.22. The number of non-ortho nitro benzene ring substituents is 1. The molecule has 0 bridgehead atoms. The van der Waals surface area contributed by atoms with Gasteiger partial charge in [0.1, 0.15) is 5.82 Å². The molecule has 92 valence electrons. The Kier molecular flexibility index (Phi) is 4.11. The molecule has 0 spiro atoms. The van der Waals surface area contributed by atoms with Crippen LogP contribution in [0.3, 0.4) is 0 Å². The summed E-state index contributed by atoms with van der Waals surface area (Å²) in [5, 5.41) is 21.5. The molecular weight excluding hydrogens is 231 g/mol. The Morgan fingerprint density at radius 2 is 2.29 bits per heavy atom. The second-order valence-electron chi connectivity index (χ2n) is 3.48. The predicted octanol–water partition coefficient (Wildman–Crippen LogP) is 0.845. The molecule has 0 fully saturated rings. The minimum Gasteiger partial charge on any atom is -0.394 e. The van der Waals surface area contributed by atoms with Crippen molar-refractivity contribution >= 4 is 11.6 Å². The molecule has 0 aliphatic carbocycles. The number of rotatable bonds is 4. The van der Waals surface area contributed by atoms with Gasteiger partial charge in [-0.05, 0) is 13.0 Å². The Labute approximate surface area is 96.2 Å². The SMILES string of the molecule is C[C@H](CO)NC(=O)c1cc([N+](=O)[O-])ccc1F. The second kappa shape index (κ2) is 5.35. The molecule has 0 aromatic heterocycles. The summed E-state index contributed by atoms with van der Waals surface area (Å²) < 4.78 is 13.3. The number of amides is 1. The summed E-state index contributed by atoms with van der Waals surface area (Å²) in [4.78, 5) is 21.3. The largest absolute Gasteiger partial charge is 0.394 e. The normalized spacial score (nSPS) is 11.9. The summed E-state index contributed by atoms with van der Waals surface area (Å²) in [6.45, 7) is 1.22. The summed E-state index contributed by atoms with van der Waals surface area (Å²) in [7, 11) is 0. The Hall–Kier alpha value is -2.02. The van der Waals surface area contributed by atoms with E-state index >= 15 is 0 Å². The fourth-order valence-corrected chi connectivity index (χ4v) is 1.15. The first-order valence-corrected chi connectivity index (χ1v) is 4.81. The number of benzene rings is 1. The lowest BCUT2D eigenvalue weighted by atomic mass is 10.1. The Morgan fingerprint density at radius 1 is 1.65 bits per heavy atom. The molecule has 1 rings (SSSR count). The van der Waals surface area contributed by atoms with Crippen molar-refractivity contribution in [3.05, 3.63) is 39.7 Å². The molecule has 7 heteroatoms. The van der Waals surface area contributed by atoms with Gasteiger partial charge in [-0.3, -0.25) is 14.9 Å². The number of nitrogens with zero attached hydrogens (tertiary/aromatic N) is 1. The van der Waals surface area contributed by atoms with Crippen LogP contribution in [-0.4, -0.2) is 28.6 Å². The van der Waals surface area contributed by atoms with E-state index in [0.29, 0.717) is 0 Å². The number of aliphatic hydroxyl groups is 1. The van der Waals surface area contributed by atoms with Crippen molar-refractivity contribution in [2.75, 3.05) is 6.61 Å². The smallest absolute Gasteiger partial charge is 0.270 e. The van der Waals surface area contributed by atoms with E-state index in [0.717, 1.165) is 18.2 Å². The van der Waals surface area contributed by atoms with Gasteiger partial charge in [0.15, 0.2) is 0 Å². The van der Waals surface area contributed by atoms with Crippen molar-refractivity contribution in [3.63, 3.8) is 0 Å². The van der Waals surface area contributed by atoms with Crippen LogP contribution in [0.2, 0.25) is 0 Å². The molecule has 0 saturated carbocycles. The molecule has 0 radical (unpaired) electrons. The minimum atomic E-state index is -0.849. The van der Waals surface area contributed by atoms with Gasteiger partial charge in [-0.1, -0.05) is 0 Å². The topological polar surface area (TPSA) is 92.5 Å². The first-order chi connectivity index (χ1) is 7.95. The number of aliphatic hydroxyl groups excluding tert-OH is 1. The molecule has 6 nitrogen and oxygen atoms in total. The van der Waals surface area contributed by atoms with Crippen molar-refractivity contribution in [2.45, 2.75) is 13.0 Å². The van der Waals surface area contributed by atoms with E-state index in [4.69, 9.17) is 5.11 Å². The zero-order valence-electron chi connectivity index (χ0n) is 9.01. The number of hydrogen-bond donors (Lipinski definition) is 2. The monoisotopic (exact) mass is 242 g/mol. The second-order valence-corrected chi connectivity index (χ2v) is 3.48. The molecule has 17 heavy (non-hydrogen) atoms. The molecule has 1 atom stereocenters. The molecule has 2 N–H and O–H groups in total. The van der Waals surface area contributed by atoms with Gasteiger partial charge in [-0.15, -0.1) is 0 Å². The van der Waals surface area contributed by atoms with Gasteiger partial charge in [-0.2, -0.15) is 0 Å². The molecule has 0 aliphatic rings. The van der Waals surface area contributed by atoms with Crippen molar-refractivity contribution in [3.8, 4) is 0 Å². The lowest BCUT2D eigenvalue weighted by molar-refractivity contribution is -0.384. The Morgan fingerprint density at radius 3 is 2.82 bits per heavy atom. The maximum Gasteiger partial charge on any atom is 0.270 e. The maximum atomic E-state index is 13.3. The number of hydrogen-bond acceptors (Lipinski definition) is 4. The number of carbonyl (C=O) groups is 1. The van der Waals surface area contributed by atoms with Gasteiger partial charge < -0.3 is 10.4 Å². The average Bonchev–Trinajstić information content (AvgIpc) is 2.28. The van der Waals surface area contributed by atoms with Gasteiger partial charge in [0.25, 0.3) is 11.6 Å². The van der Waals surface area contributed by atoms with Crippen molar-refractivity contribution in [2.24, 2.45) is 0 Å². The predicted molar refractivity (Wildman–Crippen MR) is 57.1 cm³/mol. The first kappa shape index (κ1) is 13.0. The van der Waals surface area contributed by atoms with E-state index in [2.05, 4.69) is 5.32 Å². The van der Waals surface area contributed by atoms with Crippen LogP contribution in [0.25, 0.3) is 0 Å². The lowest BCUT2D eigenvalue weighted by Gasteiger charge is -2.10. The maximum absolute atomic E-state index is 13.3. The molecular formula is C10H11FN2O4. The van der Waals surface area contributed by atoms with E-state index in [-0.39, 0.29) is 12.3 Å². The third-order valence-electron chi connectivity index (χ3n) is 2.06. The highest BCUT2D eigenvalue weighted by molar-refractivity contribution is 5.95. The minimum absolute atomic E-state index is 0.303. The Balaban J connectivity index is 3.00. The number of carbonyl (C=O) groups excluding carboxylic acids is 1. The van der Waals surface area contributed by atoms with Crippen LogP contribution >= 0.6 is 0 Å². The highest BCUT2D eigenvalue weighted by atomic mass is 19.1. The summed E-state index contributed by atoms with van der Waals surface area (Å²) in [6.07, 6.45) is 0. The zero-order chi connectivity index (χ0) is 13.0. The summed E-state index contributed by atoms with van der Waals surface area (Å²) >= 11 is 0. The van der Waals surface area contributed by atoms with Crippen molar-refractivity contribution in [1.82, 2.24) is 5.32 Å². The van der Waals surface area contributed by atoms with Crippen LogP contribution in [0.15, 0.2) is 18.2 Å². The quantitative estimate of drug-likeness (QED) is 0.604. The van der Waals surface area contributed by atoms with E-state index in [9.17, 15) is 19.3 Å². The fourth-order valence-electron chi connectivity index (χ4n) is 1.15. The number of nitro groups is 1. The highest BCUT2D eigenvalue weighted by Crippen LogP contribution is 2.16. The van der Waals surface area contributed by atoms with E-state index in [1.807, 2.05) is 0 Å². The van der Waals surface area contributed by atoms with Gasteiger partial charge in [-0.25, -0.2) is 4.39 Å². The van der Waals surface area contributed by atoms with Crippen LogP contribution in [0.5, 0.6) is 0 Å². The molecule has 1 aromatic rings. The highest BCUT2D eigenvalue weighted by Gasteiger charge is 2.17. The molecule has 1 amide bonds. The number of nitrogens with one attached hydrogen (secondary N) is 1. The Bertz CT molecular complexity index is 450. The molecule has 0 aliphatic heterocycles. The van der Waals surface area contributed by atoms with Crippen LogP contribution in [0.1, 0.15) is 17.3 Å². The first-order valence-electron chi connectivity index (χ1n) is 4.81. The summed E-state index contributed by atoms with van der Waals surface area (Å²) in [5.41, 5.74) is -0.785. The van der Waals surface area contributed by atoms with Crippen LogP contribution in [0, 0.1) is 15.9 Å². The fraction of sp³-hybridized carbons (Fsp3) is 0.300. The van der Waals surface area contributed by atoms with E-state index < -0.39 is 28.3 Å². The van der Waals surface area contributed by atoms with Crippen LogP contribution in [0.4, 0.5) is 10.1 Å². The van der Waals surface area contributed by atoms with Gasteiger partial charge in [0, 0.05) is 18.2 Å². The number of halogens is 1. The average molecular weight is 242 g/mol. The standard InChI is InChI=1S/C10H11FN2O4/c1-6(5-14)12-10(15)8-4-7(13(16)17)2-3-9(8)11/h2-4,6,14H,5H2,1H3,(H,12,15)/t6-/m1/s1. The van der Waals surface area contributed by atoms with E-state index in [1.165, 1.54) is 6.92 Å². The summed E-state index contributed by atoms with van der Waals surface area (Å²) in [6, 6.07) is 2.13.